The Morgan fingerprint density at radius 2 is 2.27 bits per heavy atom. The summed E-state index contributed by atoms with van der Waals surface area (Å²) in [5, 5.41) is 14.3. The lowest BCUT2D eigenvalue weighted by molar-refractivity contribution is 0.338. The summed E-state index contributed by atoms with van der Waals surface area (Å²) < 4.78 is 0. The predicted molar refractivity (Wildman–Crippen MR) is 64.6 cm³/mol. The lowest BCUT2D eigenvalue weighted by atomic mass is 9.88. The van der Waals surface area contributed by atoms with Crippen molar-refractivity contribution in [1.29, 1.82) is 5.26 Å². The Balaban J connectivity index is 2.39. The number of hydrogen-bond acceptors (Lipinski definition) is 3. The average molecular weight is 222 g/mol. The minimum Gasteiger partial charge on any atom is -0.297 e. The first-order valence-corrected chi connectivity index (χ1v) is 6.04. The maximum absolute atomic E-state index is 9.01. The van der Waals surface area contributed by atoms with Crippen molar-refractivity contribution >= 4 is 11.3 Å². The zero-order valence-corrected chi connectivity index (χ0v) is 10.4. The van der Waals surface area contributed by atoms with Crippen molar-refractivity contribution in [2.75, 3.05) is 0 Å². The smallest absolute Gasteiger partial charge is 0.0960 e. The normalized spacial score (nSPS) is 13.5. The van der Waals surface area contributed by atoms with E-state index in [-0.39, 0.29) is 11.5 Å². The molecule has 0 fully saturated rings. The van der Waals surface area contributed by atoms with Crippen molar-refractivity contribution in [3.05, 3.63) is 22.4 Å². The zero-order chi connectivity index (χ0) is 11.3. The molecule has 1 aromatic rings. The molecule has 0 aromatic carbocycles. The van der Waals surface area contributed by atoms with Crippen LogP contribution in [0.4, 0.5) is 0 Å². The Morgan fingerprint density at radius 1 is 1.53 bits per heavy atom. The van der Waals surface area contributed by atoms with Crippen LogP contribution in [-0.2, 0) is 6.54 Å². The van der Waals surface area contributed by atoms with Crippen LogP contribution in [0.2, 0.25) is 0 Å². The monoisotopic (exact) mass is 222 g/mol. The molecule has 0 aliphatic rings. The number of rotatable bonds is 4. The highest BCUT2D eigenvalue weighted by molar-refractivity contribution is 7.09. The summed E-state index contributed by atoms with van der Waals surface area (Å²) in [6.45, 7) is 7.27. The Hall–Kier alpha value is -0.850. The van der Waals surface area contributed by atoms with Gasteiger partial charge in [0.1, 0.15) is 0 Å². The fourth-order valence-electron chi connectivity index (χ4n) is 1.41. The van der Waals surface area contributed by atoms with Crippen LogP contribution < -0.4 is 5.32 Å². The van der Waals surface area contributed by atoms with E-state index >= 15 is 0 Å². The van der Waals surface area contributed by atoms with E-state index in [1.165, 1.54) is 4.88 Å². The number of hydrogen-bond donors (Lipinski definition) is 1. The second kappa shape index (κ2) is 5.29. The van der Waals surface area contributed by atoms with E-state index in [0.29, 0.717) is 0 Å². The summed E-state index contributed by atoms with van der Waals surface area (Å²) in [5.41, 5.74) is 0.197. The molecule has 2 nitrogen and oxygen atoms in total. The average Bonchev–Trinajstić information content (AvgIpc) is 2.62. The van der Waals surface area contributed by atoms with Crippen molar-refractivity contribution in [3.63, 3.8) is 0 Å². The van der Waals surface area contributed by atoms with Crippen LogP contribution >= 0.6 is 11.3 Å². The van der Waals surface area contributed by atoms with Crippen molar-refractivity contribution in [2.45, 2.75) is 39.8 Å². The molecule has 0 radical (unpaired) electrons. The lowest BCUT2D eigenvalue weighted by Gasteiger charge is -2.22. The van der Waals surface area contributed by atoms with E-state index in [1.807, 2.05) is 6.07 Å². The molecule has 0 aliphatic heterocycles. The molecular weight excluding hydrogens is 204 g/mol. The molecule has 1 aromatic heterocycles. The van der Waals surface area contributed by atoms with Crippen LogP contribution in [0.15, 0.2) is 17.5 Å². The molecule has 1 atom stereocenters. The molecule has 0 bridgehead atoms. The second-order valence-corrected chi connectivity index (χ2v) is 5.94. The minimum absolute atomic E-state index is 0.0490. The van der Waals surface area contributed by atoms with Gasteiger partial charge < -0.3 is 0 Å². The summed E-state index contributed by atoms with van der Waals surface area (Å²) >= 11 is 1.72. The number of nitriles is 1. The fraction of sp³-hybridized carbons (Fsp3) is 0.583. The summed E-state index contributed by atoms with van der Waals surface area (Å²) in [4.78, 5) is 1.28. The van der Waals surface area contributed by atoms with Gasteiger partial charge in [0.2, 0.25) is 0 Å². The second-order valence-electron chi connectivity index (χ2n) is 4.91. The molecule has 0 saturated heterocycles. The third-order valence-corrected chi connectivity index (χ3v) is 2.95. The molecule has 0 aliphatic carbocycles. The summed E-state index contributed by atoms with van der Waals surface area (Å²) in [7, 11) is 0. The molecule has 1 rings (SSSR count). The van der Waals surface area contributed by atoms with Gasteiger partial charge in [0.15, 0.2) is 0 Å². The van der Waals surface area contributed by atoms with Gasteiger partial charge in [-0.1, -0.05) is 26.8 Å². The predicted octanol–water partition coefficient (Wildman–Crippen LogP) is 3.17. The highest BCUT2D eigenvalue weighted by Crippen LogP contribution is 2.20. The number of nitrogens with one attached hydrogen (secondary N) is 1. The highest BCUT2D eigenvalue weighted by atomic mass is 32.1. The number of nitrogens with zero attached hydrogens (tertiary/aromatic N) is 1. The maximum atomic E-state index is 9.01. The molecule has 3 heteroatoms. The fourth-order valence-corrected chi connectivity index (χ4v) is 2.07. The quantitative estimate of drug-likeness (QED) is 0.849. The van der Waals surface area contributed by atoms with Crippen LogP contribution in [0.1, 0.15) is 32.1 Å². The van der Waals surface area contributed by atoms with Crippen molar-refractivity contribution in [3.8, 4) is 6.07 Å². The molecule has 15 heavy (non-hydrogen) atoms. The Kier molecular flexibility index (Phi) is 4.31. The Morgan fingerprint density at radius 3 is 2.73 bits per heavy atom. The van der Waals surface area contributed by atoms with Crippen LogP contribution in [0.25, 0.3) is 0 Å². The summed E-state index contributed by atoms with van der Waals surface area (Å²) in [6, 6.07) is 6.39. The van der Waals surface area contributed by atoms with E-state index in [1.54, 1.807) is 11.3 Å². The van der Waals surface area contributed by atoms with Crippen LogP contribution in [0.3, 0.4) is 0 Å². The molecule has 0 amide bonds. The van der Waals surface area contributed by atoms with Crippen LogP contribution in [-0.4, -0.2) is 6.04 Å². The van der Waals surface area contributed by atoms with Gasteiger partial charge >= 0.3 is 0 Å². The van der Waals surface area contributed by atoms with Crippen molar-refractivity contribution in [2.24, 2.45) is 5.41 Å². The Bertz CT molecular complexity index is 316. The van der Waals surface area contributed by atoms with Gasteiger partial charge in [-0.05, 0) is 23.3 Å². The van der Waals surface area contributed by atoms with Gasteiger partial charge in [0.25, 0.3) is 0 Å². The topological polar surface area (TPSA) is 35.8 Å². The summed E-state index contributed by atoms with van der Waals surface area (Å²) in [5.74, 6) is 0. The molecule has 1 heterocycles. The van der Waals surface area contributed by atoms with Crippen molar-refractivity contribution < 1.29 is 0 Å². The molecule has 0 saturated carbocycles. The van der Waals surface area contributed by atoms with Gasteiger partial charge in [0, 0.05) is 11.4 Å². The van der Waals surface area contributed by atoms with E-state index in [0.717, 1.165) is 13.0 Å². The molecule has 82 valence electrons. The van der Waals surface area contributed by atoms with Gasteiger partial charge in [-0.25, -0.2) is 0 Å². The van der Waals surface area contributed by atoms with Crippen molar-refractivity contribution in [1.82, 2.24) is 5.32 Å². The van der Waals surface area contributed by atoms with Gasteiger partial charge in [0.05, 0.1) is 12.1 Å². The van der Waals surface area contributed by atoms with Gasteiger partial charge in [-0.2, -0.15) is 5.26 Å². The molecule has 1 N–H and O–H groups in total. The van der Waals surface area contributed by atoms with E-state index in [9.17, 15) is 0 Å². The maximum Gasteiger partial charge on any atom is 0.0960 e. The van der Waals surface area contributed by atoms with E-state index in [4.69, 9.17) is 5.26 Å². The first-order chi connectivity index (χ1) is 7.01. The number of thiophene rings is 1. The SMILES string of the molecule is CC(C)(C)CC(C#N)NCc1cccs1. The van der Waals surface area contributed by atoms with Crippen LogP contribution in [0, 0.1) is 16.7 Å². The van der Waals surface area contributed by atoms with Gasteiger partial charge in [-0.15, -0.1) is 11.3 Å². The summed E-state index contributed by atoms with van der Waals surface area (Å²) in [6.07, 6.45) is 0.884. The van der Waals surface area contributed by atoms with Crippen LogP contribution in [0.5, 0.6) is 0 Å². The Labute approximate surface area is 95.9 Å². The first-order valence-electron chi connectivity index (χ1n) is 5.17. The highest BCUT2D eigenvalue weighted by Gasteiger charge is 2.17. The zero-order valence-electron chi connectivity index (χ0n) is 9.58. The van der Waals surface area contributed by atoms with E-state index < -0.39 is 0 Å². The standard InChI is InChI=1S/C12H18N2S/c1-12(2,3)7-10(8-13)14-9-11-5-4-6-15-11/h4-6,10,14H,7,9H2,1-3H3. The van der Waals surface area contributed by atoms with Gasteiger partial charge in [-0.3, -0.25) is 5.32 Å². The largest absolute Gasteiger partial charge is 0.297 e. The van der Waals surface area contributed by atoms with E-state index in [2.05, 4.69) is 43.6 Å². The minimum atomic E-state index is -0.0490. The lowest BCUT2D eigenvalue weighted by Crippen LogP contribution is -2.30. The third kappa shape index (κ3) is 4.96. The molecule has 1 unspecified atom stereocenters. The molecular formula is C12H18N2S. The first kappa shape index (κ1) is 12.2. The molecule has 0 spiro atoms. The third-order valence-electron chi connectivity index (χ3n) is 2.08.